The molecule has 0 amide bonds. The van der Waals surface area contributed by atoms with E-state index >= 15 is 0 Å². The number of carbonyl (C=O) groups is 1. The molecule has 2 aliphatic heterocycles. The predicted molar refractivity (Wildman–Crippen MR) is 68.2 cm³/mol. The summed E-state index contributed by atoms with van der Waals surface area (Å²) in [5, 5.41) is 0. The van der Waals surface area contributed by atoms with E-state index in [0.717, 1.165) is 29.9 Å². The van der Waals surface area contributed by atoms with Crippen LogP contribution in [0.3, 0.4) is 0 Å². The Kier molecular flexibility index (Phi) is 2.82. The van der Waals surface area contributed by atoms with Crippen LogP contribution in [0.2, 0.25) is 0 Å². The quantitative estimate of drug-likeness (QED) is 0.802. The van der Waals surface area contributed by atoms with Crippen molar-refractivity contribution in [2.24, 2.45) is 5.92 Å². The summed E-state index contributed by atoms with van der Waals surface area (Å²) in [5.41, 5.74) is 1.09. The summed E-state index contributed by atoms with van der Waals surface area (Å²) in [6, 6.07) is 7.86. The molecule has 0 aromatic heterocycles. The molecular formula is C15H16O3. The molecule has 3 aliphatic rings. The molecule has 2 heterocycles. The maximum atomic E-state index is 11.6. The van der Waals surface area contributed by atoms with Crippen molar-refractivity contribution < 1.29 is 14.3 Å². The molecule has 1 aromatic carbocycles. The lowest BCUT2D eigenvalue weighted by atomic mass is 9.81. The zero-order valence-electron chi connectivity index (χ0n) is 10.4. The lowest BCUT2D eigenvalue weighted by Gasteiger charge is -2.37. The van der Waals surface area contributed by atoms with Crippen LogP contribution in [-0.4, -0.2) is 19.0 Å². The number of benzene rings is 1. The number of carbonyl (C=O) groups excluding carboxylic acids is 1. The van der Waals surface area contributed by atoms with Crippen LogP contribution in [0, 0.1) is 5.92 Å². The van der Waals surface area contributed by atoms with Crippen molar-refractivity contribution in [3.63, 3.8) is 0 Å². The highest BCUT2D eigenvalue weighted by Gasteiger charge is 2.38. The molecule has 2 atom stereocenters. The third kappa shape index (κ3) is 2.01. The van der Waals surface area contributed by atoms with Crippen molar-refractivity contribution in [1.29, 1.82) is 0 Å². The average Bonchev–Trinajstić information content (AvgIpc) is 2.41. The topological polar surface area (TPSA) is 35.5 Å². The summed E-state index contributed by atoms with van der Waals surface area (Å²) in [6.07, 6.45) is 4.44. The first-order chi connectivity index (χ1) is 8.76. The fourth-order valence-electron chi connectivity index (χ4n) is 2.63. The number of methoxy groups -OCH3 is 1. The molecule has 0 N–H and O–H groups in total. The monoisotopic (exact) mass is 244 g/mol. The third-order valence-electron chi connectivity index (χ3n) is 3.69. The molecule has 2 unspecified atom stereocenters. The van der Waals surface area contributed by atoms with E-state index in [1.807, 2.05) is 30.3 Å². The molecule has 1 aromatic rings. The van der Waals surface area contributed by atoms with E-state index in [4.69, 9.17) is 9.47 Å². The van der Waals surface area contributed by atoms with Crippen molar-refractivity contribution >= 4 is 11.9 Å². The second-order valence-corrected chi connectivity index (χ2v) is 4.87. The normalized spacial score (nSPS) is 28.3. The van der Waals surface area contributed by atoms with Gasteiger partial charge in [-0.15, -0.1) is 0 Å². The van der Waals surface area contributed by atoms with Gasteiger partial charge < -0.3 is 9.47 Å². The van der Waals surface area contributed by atoms with Gasteiger partial charge >= 0.3 is 0 Å². The lowest BCUT2D eigenvalue weighted by molar-refractivity contribution is -0.138. The zero-order valence-corrected chi connectivity index (χ0v) is 10.4. The Bertz CT molecular complexity index is 487. The van der Waals surface area contributed by atoms with Crippen LogP contribution in [0.1, 0.15) is 24.8 Å². The molecule has 0 radical (unpaired) electrons. The largest absolute Gasteiger partial charge is 0.497 e. The Morgan fingerprint density at radius 2 is 2.06 bits per heavy atom. The van der Waals surface area contributed by atoms with Crippen molar-refractivity contribution in [2.45, 2.75) is 25.4 Å². The second kappa shape index (κ2) is 4.48. The maximum Gasteiger partial charge on any atom is 0.173 e. The number of Topliss-reactive ketones (excluding diaryl/α,β-unsaturated/α-hetero) is 1. The Morgan fingerprint density at radius 3 is 2.61 bits per heavy atom. The maximum absolute atomic E-state index is 11.6. The fraction of sp³-hybridized carbons (Fsp3) is 0.400. The van der Waals surface area contributed by atoms with Crippen LogP contribution < -0.4 is 4.74 Å². The highest BCUT2D eigenvalue weighted by molar-refractivity contribution is 5.86. The molecule has 2 saturated heterocycles. The molecule has 3 fully saturated rings. The average molecular weight is 244 g/mol. The molecule has 1 aliphatic carbocycles. The van der Waals surface area contributed by atoms with Gasteiger partial charge in [0.15, 0.2) is 11.9 Å². The summed E-state index contributed by atoms with van der Waals surface area (Å²) in [4.78, 5) is 11.6. The van der Waals surface area contributed by atoms with Gasteiger partial charge in [0, 0.05) is 12.3 Å². The zero-order chi connectivity index (χ0) is 12.5. The third-order valence-corrected chi connectivity index (χ3v) is 3.69. The first-order valence-corrected chi connectivity index (χ1v) is 6.31. The van der Waals surface area contributed by atoms with Crippen LogP contribution in [0.4, 0.5) is 0 Å². The lowest BCUT2D eigenvalue weighted by Crippen LogP contribution is -2.39. The number of hydrogen-bond donors (Lipinski definition) is 0. The minimum Gasteiger partial charge on any atom is -0.497 e. The van der Waals surface area contributed by atoms with E-state index in [0.29, 0.717) is 6.42 Å². The number of ketones is 1. The van der Waals surface area contributed by atoms with Gasteiger partial charge in [-0.3, -0.25) is 4.79 Å². The molecule has 94 valence electrons. The summed E-state index contributed by atoms with van der Waals surface area (Å²) >= 11 is 0. The first kappa shape index (κ1) is 11.3. The highest BCUT2D eigenvalue weighted by Crippen LogP contribution is 2.38. The van der Waals surface area contributed by atoms with E-state index in [1.54, 1.807) is 7.11 Å². The first-order valence-electron chi connectivity index (χ1n) is 6.31. The van der Waals surface area contributed by atoms with Gasteiger partial charge in [0.25, 0.3) is 0 Å². The van der Waals surface area contributed by atoms with Crippen LogP contribution in [0.5, 0.6) is 5.75 Å². The van der Waals surface area contributed by atoms with E-state index < -0.39 is 0 Å². The Balaban J connectivity index is 1.82. The van der Waals surface area contributed by atoms with E-state index in [9.17, 15) is 4.79 Å². The van der Waals surface area contributed by atoms with E-state index in [2.05, 4.69) is 0 Å². The van der Waals surface area contributed by atoms with Crippen LogP contribution >= 0.6 is 0 Å². The van der Waals surface area contributed by atoms with Gasteiger partial charge in [0.1, 0.15) is 11.5 Å². The van der Waals surface area contributed by atoms with E-state index in [1.165, 1.54) is 0 Å². The molecule has 18 heavy (non-hydrogen) atoms. The highest BCUT2D eigenvalue weighted by atomic mass is 16.5. The Labute approximate surface area is 106 Å². The summed E-state index contributed by atoms with van der Waals surface area (Å²) in [7, 11) is 1.66. The Hall–Kier alpha value is -1.77. The fourth-order valence-corrected chi connectivity index (χ4v) is 2.63. The minimum atomic E-state index is -0.195. The Morgan fingerprint density at radius 1 is 1.28 bits per heavy atom. The number of ether oxygens (including phenoxy) is 2. The van der Waals surface area contributed by atoms with Gasteiger partial charge in [-0.05, 0) is 36.6 Å². The summed E-state index contributed by atoms with van der Waals surface area (Å²) in [5.74, 6) is 2.36. The molecular weight excluding hydrogens is 228 g/mol. The smallest absolute Gasteiger partial charge is 0.173 e. The SMILES string of the molecule is COc1ccc(C=C2OC3CCC2CC3=O)cc1. The van der Waals surface area contributed by atoms with Crippen LogP contribution in [0.25, 0.3) is 6.08 Å². The molecule has 3 nitrogen and oxygen atoms in total. The second-order valence-electron chi connectivity index (χ2n) is 4.87. The molecule has 0 spiro atoms. The number of hydrogen-bond acceptors (Lipinski definition) is 3. The molecule has 3 heteroatoms. The molecule has 1 saturated carbocycles. The van der Waals surface area contributed by atoms with Gasteiger partial charge in [-0.1, -0.05) is 12.1 Å². The standard InChI is InChI=1S/C15H16O3/c1-17-12-5-2-10(3-6-12)8-15-11-4-7-14(18-15)13(16)9-11/h2-3,5-6,8,11,14H,4,7,9H2,1H3. The van der Waals surface area contributed by atoms with Crippen LogP contribution in [0.15, 0.2) is 30.0 Å². The van der Waals surface area contributed by atoms with Gasteiger partial charge in [0.05, 0.1) is 7.11 Å². The number of allylic oxidation sites excluding steroid dienone is 1. The number of rotatable bonds is 2. The molecule has 4 rings (SSSR count). The van der Waals surface area contributed by atoms with Crippen molar-refractivity contribution in [3.05, 3.63) is 35.6 Å². The number of fused-ring (bicyclic) bond motifs is 3. The van der Waals surface area contributed by atoms with Gasteiger partial charge in [-0.25, -0.2) is 0 Å². The summed E-state index contributed by atoms with van der Waals surface area (Å²) in [6.45, 7) is 0. The molecule has 2 bridgehead atoms. The van der Waals surface area contributed by atoms with Crippen molar-refractivity contribution in [1.82, 2.24) is 0 Å². The predicted octanol–water partition coefficient (Wildman–Crippen LogP) is 2.80. The van der Waals surface area contributed by atoms with E-state index in [-0.39, 0.29) is 17.8 Å². The van der Waals surface area contributed by atoms with Crippen molar-refractivity contribution in [2.75, 3.05) is 7.11 Å². The minimum absolute atomic E-state index is 0.195. The van der Waals surface area contributed by atoms with Crippen LogP contribution in [-0.2, 0) is 9.53 Å². The van der Waals surface area contributed by atoms with Gasteiger partial charge in [0.2, 0.25) is 0 Å². The van der Waals surface area contributed by atoms with Crippen molar-refractivity contribution in [3.8, 4) is 5.75 Å². The summed E-state index contributed by atoms with van der Waals surface area (Å²) < 4.78 is 10.9. The van der Waals surface area contributed by atoms with Gasteiger partial charge in [-0.2, -0.15) is 0 Å².